The number of hydrogen-bond donors (Lipinski definition) is 3. The smallest absolute Gasteiger partial charge is 0.355 e. The number of aromatic nitrogens is 3. The van der Waals surface area contributed by atoms with Gasteiger partial charge in [-0.2, -0.15) is 5.10 Å². The standard InChI is InChI=1S/C30H27N5O4S2/c31-23-6-2-4-21(16-23)20-3-1-5-22(15-20)28-25(13-18-9-11-24(12-10-18)41(32,38)39)27(14-19-7-8-19)35(34-28)30-33-26(17-40-30)29(36)37/h1-6,9-12,15-17,19H,7-8,13-14,31H2,(H,36,37)(H2,32,38,39). The van der Waals surface area contributed by atoms with E-state index in [2.05, 4.69) is 11.1 Å². The minimum Gasteiger partial charge on any atom is -0.476 e. The Morgan fingerprint density at radius 3 is 2.32 bits per heavy atom. The Bertz CT molecular complexity index is 1870. The number of carboxylic acids is 1. The highest BCUT2D eigenvalue weighted by atomic mass is 32.2. The maximum Gasteiger partial charge on any atom is 0.355 e. The predicted octanol–water partition coefficient (Wildman–Crippen LogP) is 5.13. The summed E-state index contributed by atoms with van der Waals surface area (Å²) in [5.74, 6) is -0.576. The van der Waals surface area contributed by atoms with Gasteiger partial charge in [0.25, 0.3) is 0 Å². The molecule has 1 aliphatic carbocycles. The van der Waals surface area contributed by atoms with Gasteiger partial charge in [0.1, 0.15) is 0 Å². The number of carboxylic acid groups (broad SMARTS) is 1. The van der Waals surface area contributed by atoms with Crippen LogP contribution >= 0.6 is 11.3 Å². The van der Waals surface area contributed by atoms with Crippen LogP contribution in [0.4, 0.5) is 5.69 Å². The molecule has 5 aromatic rings. The largest absolute Gasteiger partial charge is 0.476 e. The fraction of sp³-hybridized carbons (Fsp3) is 0.167. The molecule has 2 heterocycles. The van der Waals surface area contributed by atoms with E-state index in [9.17, 15) is 18.3 Å². The second-order valence-corrected chi connectivity index (χ2v) is 12.6. The van der Waals surface area contributed by atoms with E-state index >= 15 is 0 Å². The molecule has 0 aliphatic heterocycles. The normalized spacial score (nSPS) is 13.4. The molecule has 1 fully saturated rings. The fourth-order valence-corrected chi connectivity index (χ4v) is 6.18. The summed E-state index contributed by atoms with van der Waals surface area (Å²) in [6, 6.07) is 22.3. The van der Waals surface area contributed by atoms with Crippen molar-refractivity contribution in [1.29, 1.82) is 0 Å². The van der Waals surface area contributed by atoms with Crippen LogP contribution in [0.5, 0.6) is 0 Å². The molecule has 9 nitrogen and oxygen atoms in total. The van der Waals surface area contributed by atoms with Crippen molar-refractivity contribution < 1.29 is 18.3 Å². The zero-order valence-corrected chi connectivity index (χ0v) is 23.5. The Morgan fingerprint density at radius 2 is 1.68 bits per heavy atom. The van der Waals surface area contributed by atoms with Gasteiger partial charge in [-0.05, 0) is 72.2 Å². The third-order valence-electron chi connectivity index (χ3n) is 7.15. The van der Waals surface area contributed by atoms with E-state index in [0.29, 0.717) is 23.2 Å². The van der Waals surface area contributed by atoms with E-state index in [1.807, 2.05) is 42.5 Å². The Kier molecular flexibility index (Phi) is 6.94. The van der Waals surface area contributed by atoms with Crippen molar-refractivity contribution in [3.8, 4) is 27.5 Å². The second-order valence-electron chi connectivity index (χ2n) is 10.2. The molecule has 5 N–H and O–H groups in total. The minimum absolute atomic E-state index is 0.0248. The van der Waals surface area contributed by atoms with Gasteiger partial charge in [0.15, 0.2) is 5.69 Å². The SMILES string of the molecule is Nc1cccc(-c2cccc(-c3nn(-c4nc(C(=O)O)cs4)c(CC4CC4)c3Cc3ccc(S(N)(=O)=O)cc3)c2)c1. The number of anilines is 1. The predicted molar refractivity (Wildman–Crippen MR) is 159 cm³/mol. The van der Waals surface area contributed by atoms with Crippen molar-refractivity contribution >= 4 is 33.0 Å². The molecule has 0 saturated heterocycles. The van der Waals surface area contributed by atoms with Crippen LogP contribution in [0.25, 0.3) is 27.5 Å². The summed E-state index contributed by atoms with van der Waals surface area (Å²) in [5.41, 5.74) is 13.2. The molecule has 41 heavy (non-hydrogen) atoms. The summed E-state index contributed by atoms with van der Waals surface area (Å²) in [4.78, 5) is 16.0. The summed E-state index contributed by atoms with van der Waals surface area (Å²) in [7, 11) is -3.81. The molecule has 208 valence electrons. The van der Waals surface area contributed by atoms with Gasteiger partial charge in [-0.3, -0.25) is 0 Å². The highest BCUT2D eigenvalue weighted by molar-refractivity contribution is 7.89. The van der Waals surface area contributed by atoms with Gasteiger partial charge in [-0.15, -0.1) is 11.3 Å². The summed E-state index contributed by atoms with van der Waals surface area (Å²) in [5, 5.41) is 21.9. The van der Waals surface area contributed by atoms with Crippen LogP contribution in [0.1, 0.15) is 40.2 Å². The first-order chi connectivity index (χ1) is 19.7. The molecular formula is C30H27N5O4S2. The maximum atomic E-state index is 11.8. The van der Waals surface area contributed by atoms with E-state index in [-0.39, 0.29) is 10.6 Å². The van der Waals surface area contributed by atoms with E-state index in [1.165, 1.54) is 28.8 Å². The van der Waals surface area contributed by atoms with Crippen LogP contribution in [0.15, 0.2) is 83.1 Å². The first-order valence-corrected chi connectivity index (χ1v) is 15.5. The number of hydrogen-bond acceptors (Lipinski definition) is 7. The molecule has 0 amide bonds. The first kappa shape index (κ1) is 26.9. The van der Waals surface area contributed by atoms with Crippen molar-refractivity contribution in [3.05, 3.63) is 101 Å². The Labute approximate surface area is 241 Å². The fourth-order valence-electron chi connectivity index (χ4n) is 4.89. The Hall–Kier alpha value is -4.32. The average molecular weight is 586 g/mol. The van der Waals surface area contributed by atoms with E-state index < -0.39 is 16.0 Å². The van der Waals surface area contributed by atoms with Crippen molar-refractivity contribution in [2.24, 2.45) is 11.1 Å². The van der Waals surface area contributed by atoms with Crippen molar-refractivity contribution in [2.75, 3.05) is 5.73 Å². The molecule has 0 spiro atoms. The number of benzene rings is 3. The van der Waals surface area contributed by atoms with Crippen LogP contribution in [0.3, 0.4) is 0 Å². The highest BCUT2D eigenvalue weighted by Crippen LogP contribution is 2.39. The monoisotopic (exact) mass is 585 g/mol. The van der Waals surface area contributed by atoms with Crippen LogP contribution in [0.2, 0.25) is 0 Å². The van der Waals surface area contributed by atoms with Gasteiger partial charge in [0.2, 0.25) is 15.2 Å². The molecule has 3 aromatic carbocycles. The Balaban J connectivity index is 1.51. The lowest BCUT2D eigenvalue weighted by Crippen LogP contribution is -2.12. The number of aromatic carboxylic acids is 1. The first-order valence-electron chi connectivity index (χ1n) is 13.0. The third-order valence-corrected chi connectivity index (χ3v) is 8.90. The van der Waals surface area contributed by atoms with Gasteiger partial charge in [0, 0.05) is 28.6 Å². The number of rotatable bonds is 9. The van der Waals surface area contributed by atoms with Gasteiger partial charge in [-0.25, -0.2) is 28.0 Å². The summed E-state index contributed by atoms with van der Waals surface area (Å²) in [6.45, 7) is 0. The van der Waals surface area contributed by atoms with Crippen molar-refractivity contribution in [3.63, 3.8) is 0 Å². The molecule has 11 heteroatoms. The van der Waals surface area contributed by atoms with Gasteiger partial charge >= 0.3 is 5.97 Å². The van der Waals surface area contributed by atoms with Crippen LogP contribution in [-0.2, 0) is 22.9 Å². The quantitative estimate of drug-likeness (QED) is 0.203. The molecule has 0 atom stereocenters. The van der Waals surface area contributed by atoms with E-state index in [1.54, 1.807) is 16.8 Å². The molecule has 0 radical (unpaired) electrons. The second kappa shape index (κ2) is 10.6. The topological polar surface area (TPSA) is 154 Å². The lowest BCUT2D eigenvalue weighted by atomic mass is 9.95. The van der Waals surface area contributed by atoms with Gasteiger partial charge < -0.3 is 10.8 Å². The number of nitrogen functional groups attached to an aromatic ring is 1. The highest BCUT2D eigenvalue weighted by Gasteiger charge is 2.29. The molecule has 6 rings (SSSR count). The zero-order valence-electron chi connectivity index (χ0n) is 21.9. The van der Waals surface area contributed by atoms with Gasteiger partial charge in [0.05, 0.1) is 16.3 Å². The minimum atomic E-state index is -3.81. The Morgan fingerprint density at radius 1 is 1.00 bits per heavy atom. The van der Waals surface area contributed by atoms with Crippen LogP contribution in [-0.4, -0.2) is 34.3 Å². The van der Waals surface area contributed by atoms with Crippen LogP contribution in [0, 0.1) is 5.92 Å². The number of carbonyl (C=O) groups is 1. The van der Waals surface area contributed by atoms with E-state index in [4.69, 9.17) is 16.0 Å². The summed E-state index contributed by atoms with van der Waals surface area (Å²) in [6.07, 6.45) is 3.49. The average Bonchev–Trinajstić information content (AvgIpc) is 3.50. The maximum absolute atomic E-state index is 11.8. The summed E-state index contributed by atoms with van der Waals surface area (Å²) < 4.78 is 25.4. The van der Waals surface area contributed by atoms with Crippen molar-refractivity contribution in [2.45, 2.75) is 30.6 Å². The van der Waals surface area contributed by atoms with Gasteiger partial charge in [-0.1, -0.05) is 42.5 Å². The molecule has 0 bridgehead atoms. The third kappa shape index (κ3) is 5.78. The molecular weight excluding hydrogens is 558 g/mol. The van der Waals surface area contributed by atoms with Crippen molar-refractivity contribution in [1.82, 2.24) is 14.8 Å². The lowest BCUT2D eigenvalue weighted by molar-refractivity contribution is 0.0691. The zero-order chi connectivity index (χ0) is 28.7. The number of primary sulfonamides is 1. The molecule has 1 saturated carbocycles. The van der Waals surface area contributed by atoms with Crippen LogP contribution < -0.4 is 10.9 Å². The number of nitrogens with zero attached hydrogens (tertiary/aromatic N) is 3. The molecule has 0 unspecified atom stereocenters. The number of thiazole rings is 1. The summed E-state index contributed by atoms with van der Waals surface area (Å²) >= 11 is 1.24. The molecule has 1 aliphatic rings. The molecule has 2 aromatic heterocycles. The number of nitrogens with two attached hydrogens (primary N) is 2. The lowest BCUT2D eigenvalue weighted by Gasteiger charge is -2.10. The number of sulfonamides is 1. The van der Waals surface area contributed by atoms with E-state index in [0.717, 1.165) is 58.5 Å².